The molecule has 436 valence electrons. The number of anilines is 5. The van der Waals surface area contributed by atoms with E-state index in [4.69, 9.17) is 0 Å². The van der Waals surface area contributed by atoms with Crippen molar-refractivity contribution >= 4 is 28.4 Å². The van der Waals surface area contributed by atoms with Crippen LogP contribution in [0, 0.1) is 11.8 Å². The summed E-state index contributed by atoms with van der Waals surface area (Å²) in [6.07, 6.45) is -60.2. The Hall–Kier alpha value is -6.92. The topological polar surface area (TPSA) is 6.48 Å². The standard InChI is InChI=1S/C48H24F30N2/c1-21-8-32(80(35-17-27(43(61,62)63)11-28(18-35)44(64,65)66)36-19-29(45(67,68)69)12-30(20-36)46(70,71)72)6-7-37(21)38(47(73,74)75,48(76,77)78)22-2-4-31(5-3-22)79(33-13-23(39(49,50)51)9-24(14-33)40(52,53)54)34-15-25(41(55,56)57)10-26(16-34)42(58,59)60/h2-21,37H,1H3. The van der Waals surface area contributed by atoms with E-state index in [9.17, 15) is 105 Å². The van der Waals surface area contributed by atoms with Gasteiger partial charge in [-0.3, -0.25) is 0 Å². The Morgan fingerprint density at radius 2 is 0.525 bits per heavy atom. The number of alkyl halides is 30. The van der Waals surface area contributed by atoms with Gasteiger partial charge in [-0.2, -0.15) is 132 Å². The van der Waals surface area contributed by atoms with Gasteiger partial charge < -0.3 is 9.80 Å². The lowest BCUT2D eigenvalue weighted by molar-refractivity contribution is -0.317. The van der Waals surface area contributed by atoms with E-state index in [1.807, 2.05) is 0 Å². The van der Waals surface area contributed by atoms with Crippen LogP contribution in [0.3, 0.4) is 0 Å². The third kappa shape index (κ3) is 12.7. The van der Waals surface area contributed by atoms with E-state index in [-0.39, 0.29) is 101 Å². The van der Waals surface area contributed by atoms with Crippen molar-refractivity contribution in [1.29, 1.82) is 0 Å². The average Bonchev–Trinajstić information content (AvgIpc) is 3.27. The van der Waals surface area contributed by atoms with Crippen molar-refractivity contribution in [3.05, 3.63) is 171 Å². The molecular formula is C48H24F30N2. The van der Waals surface area contributed by atoms with Gasteiger partial charge in [-0.1, -0.05) is 31.2 Å². The Labute approximate surface area is 426 Å². The SMILES string of the molecule is CC1C=C(N(c2cc(C(F)(F)F)cc(C(F)(F)F)c2)c2cc(C(F)(F)F)cc(C(F)(F)F)c2)C=CC1C(c1ccc(N(c2cc(C(F)(F)F)cc(C(F)(F)F)c2)c2cc(C(F)(F)F)cc(C(F)(F)F)c2)cc1)(C(F)(F)F)C(F)(F)F. The molecule has 0 amide bonds. The summed E-state index contributed by atoms with van der Waals surface area (Å²) in [5.74, 6) is -5.85. The van der Waals surface area contributed by atoms with Crippen LogP contribution >= 0.6 is 0 Å². The number of hydrogen-bond donors (Lipinski definition) is 0. The fourth-order valence-electron chi connectivity index (χ4n) is 8.59. The molecule has 0 saturated heterocycles. The van der Waals surface area contributed by atoms with E-state index < -0.39 is 187 Å². The minimum atomic E-state index is -6.77. The number of hydrogen-bond acceptors (Lipinski definition) is 2. The van der Waals surface area contributed by atoms with Crippen molar-refractivity contribution in [3.63, 3.8) is 0 Å². The Morgan fingerprint density at radius 1 is 0.287 bits per heavy atom. The molecule has 1 aliphatic rings. The molecule has 0 fully saturated rings. The highest BCUT2D eigenvalue weighted by atomic mass is 19.4. The largest absolute Gasteiger partial charge is 0.416 e. The summed E-state index contributed by atoms with van der Waals surface area (Å²) in [5, 5.41) is 0. The second-order valence-electron chi connectivity index (χ2n) is 17.4. The maximum atomic E-state index is 15.7. The van der Waals surface area contributed by atoms with Gasteiger partial charge in [0.2, 0.25) is 0 Å². The van der Waals surface area contributed by atoms with Gasteiger partial charge in [0.15, 0.2) is 5.41 Å². The van der Waals surface area contributed by atoms with Crippen LogP contribution in [-0.4, -0.2) is 12.4 Å². The van der Waals surface area contributed by atoms with Gasteiger partial charge in [-0.05, 0) is 102 Å². The Morgan fingerprint density at radius 3 is 0.738 bits per heavy atom. The number of allylic oxidation sites excluding steroid dienone is 3. The molecule has 0 aromatic heterocycles. The van der Waals surface area contributed by atoms with Crippen molar-refractivity contribution in [3.8, 4) is 0 Å². The zero-order chi connectivity index (χ0) is 60.9. The first-order chi connectivity index (χ1) is 35.9. The normalized spacial score (nSPS) is 16.7. The van der Waals surface area contributed by atoms with Crippen molar-refractivity contribution < 1.29 is 132 Å². The van der Waals surface area contributed by atoms with Crippen molar-refractivity contribution in [2.75, 3.05) is 9.80 Å². The average molecular weight is 1200 g/mol. The van der Waals surface area contributed by atoms with Crippen molar-refractivity contribution in [1.82, 2.24) is 0 Å². The molecule has 0 aliphatic heterocycles. The van der Waals surface area contributed by atoms with Gasteiger partial charge in [0.1, 0.15) is 0 Å². The lowest BCUT2D eigenvalue weighted by atomic mass is 9.63. The van der Waals surface area contributed by atoms with E-state index in [2.05, 4.69) is 0 Å². The van der Waals surface area contributed by atoms with Crippen molar-refractivity contribution in [2.45, 2.75) is 74.1 Å². The molecule has 0 saturated carbocycles. The summed E-state index contributed by atoms with van der Waals surface area (Å²) in [6.45, 7) is 0.410. The molecule has 2 nitrogen and oxygen atoms in total. The zero-order valence-corrected chi connectivity index (χ0v) is 38.4. The molecule has 6 rings (SSSR count). The molecule has 0 bridgehead atoms. The molecule has 5 aromatic carbocycles. The van der Waals surface area contributed by atoms with Gasteiger partial charge in [-0.25, -0.2) is 0 Å². The molecule has 0 heterocycles. The summed E-state index contributed by atoms with van der Waals surface area (Å²) in [5.41, 5.74) is -35.3. The van der Waals surface area contributed by atoms with E-state index >= 15 is 26.3 Å². The molecule has 80 heavy (non-hydrogen) atoms. The molecule has 32 heteroatoms. The quantitative estimate of drug-likeness (QED) is 0.143. The van der Waals surface area contributed by atoms with Gasteiger partial charge in [0, 0.05) is 40.1 Å². The molecule has 0 N–H and O–H groups in total. The first kappa shape index (κ1) is 62.3. The van der Waals surface area contributed by atoms with Gasteiger partial charge in [0.25, 0.3) is 0 Å². The molecule has 0 spiro atoms. The van der Waals surface area contributed by atoms with Gasteiger partial charge in [-0.15, -0.1) is 0 Å². The first-order valence-electron chi connectivity index (χ1n) is 21.3. The zero-order valence-electron chi connectivity index (χ0n) is 38.4. The fourth-order valence-corrected chi connectivity index (χ4v) is 8.59. The number of rotatable bonds is 8. The Kier molecular flexibility index (Phi) is 15.5. The van der Waals surface area contributed by atoms with Crippen LogP contribution in [0.1, 0.15) is 57.0 Å². The van der Waals surface area contributed by atoms with Crippen LogP contribution in [-0.2, 0) is 54.8 Å². The maximum Gasteiger partial charge on any atom is 0.416 e. The van der Waals surface area contributed by atoms with Gasteiger partial charge >= 0.3 is 61.8 Å². The number of halogens is 30. The highest BCUT2D eigenvalue weighted by molar-refractivity contribution is 5.79. The van der Waals surface area contributed by atoms with Crippen molar-refractivity contribution in [2.24, 2.45) is 11.8 Å². The smallest absolute Gasteiger partial charge is 0.311 e. The molecule has 1 aliphatic carbocycles. The summed E-state index contributed by atoms with van der Waals surface area (Å²) >= 11 is 0. The van der Waals surface area contributed by atoms with E-state index in [0.29, 0.717) is 6.92 Å². The number of benzene rings is 5. The van der Waals surface area contributed by atoms with Crippen LogP contribution in [0.5, 0.6) is 0 Å². The van der Waals surface area contributed by atoms with Crippen LogP contribution in [0.25, 0.3) is 0 Å². The summed E-state index contributed by atoms with van der Waals surface area (Å²) in [7, 11) is 0. The highest BCUT2D eigenvalue weighted by Gasteiger charge is 2.75. The van der Waals surface area contributed by atoms with Gasteiger partial charge in [0.05, 0.1) is 44.5 Å². The molecule has 0 radical (unpaired) electrons. The summed E-state index contributed by atoms with van der Waals surface area (Å²) in [4.78, 5) is -0.509. The number of nitrogens with zero attached hydrogens (tertiary/aromatic N) is 2. The first-order valence-corrected chi connectivity index (χ1v) is 21.3. The van der Waals surface area contributed by atoms with Crippen LogP contribution in [0.15, 0.2) is 121 Å². The highest BCUT2D eigenvalue weighted by Crippen LogP contribution is 2.60. The third-order valence-electron chi connectivity index (χ3n) is 12.0. The summed E-state index contributed by atoms with van der Waals surface area (Å²) < 4.78 is 432. The second kappa shape index (κ2) is 20.0. The van der Waals surface area contributed by atoms with E-state index in [1.54, 1.807) is 0 Å². The fraction of sp³-hybridized carbons (Fsp3) is 0.292. The minimum Gasteiger partial charge on any atom is -0.311 e. The predicted molar refractivity (Wildman–Crippen MR) is 220 cm³/mol. The van der Waals surface area contributed by atoms with E-state index in [0.717, 1.165) is 0 Å². The predicted octanol–water partition coefficient (Wildman–Crippen LogP) is 20.2. The Bertz CT molecular complexity index is 2850. The molecule has 2 atom stereocenters. The molecule has 5 aromatic rings. The monoisotopic (exact) mass is 1200 g/mol. The maximum absolute atomic E-state index is 15.7. The van der Waals surface area contributed by atoms with Crippen LogP contribution in [0.4, 0.5) is 160 Å². The third-order valence-corrected chi connectivity index (χ3v) is 12.0. The molecule has 2 unspecified atom stereocenters. The Balaban J connectivity index is 1.64. The lowest BCUT2D eigenvalue weighted by Gasteiger charge is -2.46. The van der Waals surface area contributed by atoms with E-state index in [1.165, 1.54) is 0 Å². The van der Waals surface area contributed by atoms with Crippen LogP contribution < -0.4 is 9.80 Å². The molecular weight excluding hydrogens is 1170 g/mol. The summed E-state index contributed by atoms with van der Waals surface area (Å²) in [6, 6.07) is -5.28. The lowest BCUT2D eigenvalue weighted by Crippen LogP contribution is -2.60. The second-order valence-corrected chi connectivity index (χ2v) is 17.4. The van der Waals surface area contributed by atoms with Crippen LogP contribution in [0.2, 0.25) is 0 Å². The minimum absolute atomic E-state index is 0.00575.